The van der Waals surface area contributed by atoms with Crippen molar-refractivity contribution >= 4 is 0 Å². The van der Waals surface area contributed by atoms with E-state index in [4.69, 9.17) is 10.2 Å². The maximum Gasteiger partial charge on any atom is 0.0558 e. The molecule has 0 spiro atoms. The van der Waals surface area contributed by atoms with E-state index in [1.165, 1.54) is 0 Å². The third-order valence-corrected chi connectivity index (χ3v) is 1.66. The van der Waals surface area contributed by atoms with Gasteiger partial charge in [-0.05, 0) is 13.0 Å². The number of aliphatic hydroxyl groups excluding tert-OH is 2. The molecule has 4 heteroatoms. The van der Waals surface area contributed by atoms with Crippen LogP contribution in [-0.4, -0.2) is 48.0 Å². The Hall–Kier alpha value is -0.160. The van der Waals surface area contributed by atoms with Gasteiger partial charge in [-0.1, -0.05) is 13.3 Å². The number of hydrogen-bond donors (Lipinski definition) is 3. The van der Waals surface area contributed by atoms with Crippen molar-refractivity contribution in [3.8, 4) is 0 Å². The standard InChI is InChI=1S/C8H19NO2.H3N/c1-2-3-4-9(5-7-10)6-8-11;/h10-11H,2-8H2,1H3;1H3. The smallest absolute Gasteiger partial charge is 0.0558 e. The molecule has 0 aliphatic rings. The van der Waals surface area contributed by atoms with E-state index in [2.05, 4.69) is 11.8 Å². The number of hydrogen-bond acceptors (Lipinski definition) is 4. The van der Waals surface area contributed by atoms with Crippen molar-refractivity contribution in [1.29, 1.82) is 0 Å². The quantitative estimate of drug-likeness (QED) is 0.521. The summed E-state index contributed by atoms with van der Waals surface area (Å²) in [7, 11) is 0. The summed E-state index contributed by atoms with van der Waals surface area (Å²) in [5.74, 6) is 0. The summed E-state index contributed by atoms with van der Waals surface area (Å²) in [5, 5.41) is 17.3. The Bertz CT molecular complexity index is 75.5. The molecule has 0 radical (unpaired) electrons. The summed E-state index contributed by atoms with van der Waals surface area (Å²) in [6.45, 7) is 4.85. The molecule has 0 amide bonds. The summed E-state index contributed by atoms with van der Waals surface area (Å²) in [6, 6.07) is 0. The van der Waals surface area contributed by atoms with Gasteiger partial charge in [-0.15, -0.1) is 0 Å². The molecule has 12 heavy (non-hydrogen) atoms. The summed E-state index contributed by atoms with van der Waals surface area (Å²) in [5.41, 5.74) is 0. The van der Waals surface area contributed by atoms with Gasteiger partial charge in [0.1, 0.15) is 0 Å². The Kier molecular flexibility index (Phi) is 13.0. The molecule has 0 aromatic rings. The van der Waals surface area contributed by atoms with Crippen LogP contribution in [0.1, 0.15) is 19.8 Å². The zero-order valence-corrected chi connectivity index (χ0v) is 8.00. The molecule has 0 aliphatic heterocycles. The van der Waals surface area contributed by atoms with Crippen LogP contribution < -0.4 is 6.15 Å². The first-order valence-electron chi connectivity index (χ1n) is 4.29. The monoisotopic (exact) mass is 178 g/mol. The number of rotatable bonds is 7. The van der Waals surface area contributed by atoms with E-state index in [1.54, 1.807) is 0 Å². The number of unbranched alkanes of at least 4 members (excludes halogenated alkanes) is 1. The molecular weight excluding hydrogens is 156 g/mol. The fourth-order valence-corrected chi connectivity index (χ4v) is 1.000. The van der Waals surface area contributed by atoms with Crippen LogP contribution in [0.4, 0.5) is 0 Å². The van der Waals surface area contributed by atoms with E-state index >= 15 is 0 Å². The van der Waals surface area contributed by atoms with Crippen molar-refractivity contribution in [2.24, 2.45) is 0 Å². The average Bonchev–Trinajstić information content (AvgIpc) is 2.01. The first kappa shape index (κ1) is 14.4. The molecule has 0 unspecified atom stereocenters. The lowest BCUT2D eigenvalue weighted by Crippen LogP contribution is -2.30. The van der Waals surface area contributed by atoms with E-state index in [-0.39, 0.29) is 19.4 Å². The van der Waals surface area contributed by atoms with Crippen LogP contribution in [0.2, 0.25) is 0 Å². The van der Waals surface area contributed by atoms with E-state index in [9.17, 15) is 0 Å². The lowest BCUT2D eigenvalue weighted by atomic mass is 10.3. The van der Waals surface area contributed by atoms with Crippen molar-refractivity contribution in [3.05, 3.63) is 0 Å². The Balaban J connectivity index is 0. The molecule has 0 atom stereocenters. The average molecular weight is 178 g/mol. The van der Waals surface area contributed by atoms with Crippen LogP contribution in [0.15, 0.2) is 0 Å². The predicted molar refractivity (Wildman–Crippen MR) is 50.5 cm³/mol. The molecule has 0 fully saturated rings. The second-order valence-corrected chi connectivity index (χ2v) is 2.64. The molecular formula is C8H22N2O2. The Morgan fingerprint density at radius 1 is 1.00 bits per heavy atom. The highest BCUT2D eigenvalue weighted by Gasteiger charge is 2.00. The van der Waals surface area contributed by atoms with Crippen LogP contribution >= 0.6 is 0 Å². The molecule has 5 N–H and O–H groups in total. The Labute approximate surface area is 74.8 Å². The van der Waals surface area contributed by atoms with Crippen molar-refractivity contribution in [3.63, 3.8) is 0 Å². The minimum absolute atomic E-state index is 0. The molecule has 0 rings (SSSR count). The fraction of sp³-hybridized carbons (Fsp3) is 1.00. The number of aliphatic hydroxyl groups is 2. The van der Waals surface area contributed by atoms with Gasteiger partial charge in [0.15, 0.2) is 0 Å². The third-order valence-electron chi connectivity index (χ3n) is 1.66. The van der Waals surface area contributed by atoms with Gasteiger partial charge in [0.05, 0.1) is 13.2 Å². The molecule has 0 heterocycles. The minimum atomic E-state index is 0. The zero-order chi connectivity index (χ0) is 8.53. The van der Waals surface area contributed by atoms with Gasteiger partial charge >= 0.3 is 0 Å². The van der Waals surface area contributed by atoms with E-state index in [1.807, 2.05) is 0 Å². The fourth-order valence-electron chi connectivity index (χ4n) is 1.000. The maximum absolute atomic E-state index is 8.64. The Morgan fingerprint density at radius 3 is 1.83 bits per heavy atom. The van der Waals surface area contributed by atoms with Crippen LogP contribution in [-0.2, 0) is 0 Å². The highest BCUT2D eigenvalue weighted by atomic mass is 16.3. The van der Waals surface area contributed by atoms with Gasteiger partial charge in [-0.3, -0.25) is 4.90 Å². The van der Waals surface area contributed by atoms with E-state index in [0.29, 0.717) is 13.1 Å². The molecule has 0 aromatic carbocycles. The first-order chi connectivity index (χ1) is 5.35. The van der Waals surface area contributed by atoms with E-state index < -0.39 is 0 Å². The van der Waals surface area contributed by atoms with E-state index in [0.717, 1.165) is 19.4 Å². The lowest BCUT2D eigenvalue weighted by molar-refractivity contribution is 0.159. The molecule has 76 valence electrons. The summed E-state index contributed by atoms with van der Waals surface area (Å²) >= 11 is 0. The molecule has 4 nitrogen and oxygen atoms in total. The number of nitrogens with zero attached hydrogens (tertiary/aromatic N) is 1. The third kappa shape index (κ3) is 7.94. The van der Waals surface area contributed by atoms with Crippen molar-refractivity contribution in [2.75, 3.05) is 32.8 Å². The van der Waals surface area contributed by atoms with Gasteiger partial charge in [0.2, 0.25) is 0 Å². The van der Waals surface area contributed by atoms with Crippen molar-refractivity contribution < 1.29 is 10.2 Å². The molecule has 0 aliphatic carbocycles. The topological polar surface area (TPSA) is 78.7 Å². The summed E-state index contributed by atoms with van der Waals surface area (Å²) in [4.78, 5) is 2.07. The second-order valence-electron chi connectivity index (χ2n) is 2.64. The van der Waals surface area contributed by atoms with Gasteiger partial charge in [-0.25, -0.2) is 0 Å². The van der Waals surface area contributed by atoms with Crippen molar-refractivity contribution in [2.45, 2.75) is 19.8 Å². The van der Waals surface area contributed by atoms with Gasteiger partial charge in [0, 0.05) is 13.1 Å². The van der Waals surface area contributed by atoms with Crippen molar-refractivity contribution in [1.82, 2.24) is 11.1 Å². The summed E-state index contributed by atoms with van der Waals surface area (Å²) in [6.07, 6.45) is 2.30. The highest BCUT2D eigenvalue weighted by molar-refractivity contribution is 4.55. The first-order valence-corrected chi connectivity index (χ1v) is 4.29. The highest BCUT2D eigenvalue weighted by Crippen LogP contribution is 1.93. The van der Waals surface area contributed by atoms with Crippen LogP contribution in [0.3, 0.4) is 0 Å². The SMILES string of the molecule is CCCCN(CCO)CCO.N. The van der Waals surface area contributed by atoms with Gasteiger partial charge in [0.25, 0.3) is 0 Å². The second kappa shape index (κ2) is 10.8. The van der Waals surface area contributed by atoms with Crippen LogP contribution in [0.25, 0.3) is 0 Å². The maximum atomic E-state index is 8.64. The largest absolute Gasteiger partial charge is 0.395 e. The van der Waals surface area contributed by atoms with Crippen LogP contribution in [0.5, 0.6) is 0 Å². The van der Waals surface area contributed by atoms with Gasteiger partial charge < -0.3 is 16.4 Å². The molecule has 0 bridgehead atoms. The molecule has 0 saturated carbocycles. The van der Waals surface area contributed by atoms with Gasteiger partial charge in [-0.2, -0.15) is 0 Å². The van der Waals surface area contributed by atoms with Crippen LogP contribution in [0, 0.1) is 0 Å². The molecule has 0 saturated heterocycles. The minimum Gasteiger partial charge on any atom is -0.395 e. The predicted octanol–water partition coefficient (Wildman–Crippen LogP) is 0.235. The lowest BCUT2D eigenvalue weighted by Gasteiger charge is -2.19. The molecule has 0 aromatic heterocycles. The summed E-state index contributed by atoms with van der Waals surface area (Å²) < 4.78 is 0. The Morgan fingerprint density at radius 2 is 1.50 bits per heavy atom. The normalized spacial score (nSPS) is 10.0. The zero-order valence-electron chi connectivity index (χ0n) is 8.00.